The zero-order valence-corrected chi connectivity index (χ0v) is 13.0. The summed E-state index contributed by atoms with van der Waals surface area (Å²) in [6.07, 6.45) is 1.21. The quantitative estimate of drug-likeness (QED) is 0.860. The molecule has 20 heavy (non-hydrogen) atoms. The highest BCUT2D eigenvalue weighted by atomic mass is 79.9. The summed E-state index contributed by atoms with van der Waals surface area (Å²) in [4.78, 5) is 32.2. The van der Waals surface area contributed by atoms with Gasteiger partial charge in [-0.1, -0.05) is 0 Å². The number of hydrogen-bond acceptors (Lipinski definition) is 4. The molecule has 1 amide bonds. The Kier molecular flexibility index (Phi) is 4.56. The van der Waals surface area contributed by atoms with Crippen molar-refractivity contribution < 1.29 is 14.7 Å². The van der Waals surface area contributed by atoms with Gasteiger partial charge in [0.1, 0.15) is 0 Å². The van der Waals surface area contributed by atoms with Crippen molar-refractivity contribution >= 4 is 39.1 Å². The normalized spacial score (nSPS) is 10.5. The molecule has 0 bridgehead atoms. The number of carboxylic acids is 1. The third kappa shape index (κ3) is 3.07. The largest absolute Gasteiger partial charge is 0.477 e. The number of thiophene rings is 1. The van der Waals surface area contributed by atoms with E-state index in [1.807, 2.05) is 19.1 Å². The predicted molar refractivity (Wildman–Crippen MR) is 78.0 cm³/mol. The van der Waals surface area contributed by atoms with Crippen LogP contribution in [0, 0.1) is 0 Å². The summed E-state index contributed by atoms with van der Waals surface area (Å²) in [5.74, 6) is -1.59. The van der Waals surface area contributed by atoms with E-state index in [9.17, 15) is 9.59 Å². The van der Waals surface area contributed by atoms with Crippen LogP contribution in [0.3, 0.4) is 0 Å². The summed E-state index contributed by atoms with van der Waals surface area (Å²) in [5, 5.41) is 9.00. The molecule has 0 saturated heterocycles. The van der Waals surface area contributed by atoms with Gasteiger partial charge in [-0.15, -0.1) is 11.3 Å². The van der Waals surface area contributed by atoms with Crippen LogP contribution in [0.4, 0.5) is 0 Å². The minimum Gasteiger partial charge on any atom is -0.477 e. The average molecular weight is 358 g/mol. The number of aromatic amines is 1. The maximum Gasteiger partial charge on any atom is 0.354 e. The molecule has 0 spiro atoms. The van der Waals surface area contributed by atoms with E-state index in [1.54, 1.807) is 4.90 Å². The Labute approximate surface area is 127 Å². The van der Waals surface area contributed by atoms with E-state index in [-0.39, 0.29) is 11.4 Å². The van der Waals surface area contributed by atoms with Crippen LogP contribution in [0.25, 0.3) is 0 Å². The highest BCUT2D eigenvalue weighted by molar-refractivity contribution is 9.11. The Bertz CT molecular complexity index is 637. The van der Waals surface area contributed by atoms with Gasteiger partial charge in [0, 0.05) is 11.4 Å². The van der Waals surface area contributed by atoms with Gasteiger partial charge in [-0.05, 0) is 35.0 Å². The summed E-state index contributed by atoms with van der Waals surface area (Å²) in [6.45, 7) is 2.74. The molecule has 106 valence electrons. The summed E-state index contributed by atoms with van der Waals surface area (Å²) in [7, 11) is 0. The zero-order chi connectivity index (χ0) is 14.7. The molecule has 0 aromatic carbocycles. The van der Waals surface area contributed by atoms with Crippen LogP contribution in [0.5, 0.6) is 0 Å². The van der Waals surface area contributed by atoms with Crippen LogP contribution in [-0.4, -0.2) is 38.4 Å². The van der Waals surface area contributed by atoms with Crippen LogP contribution >= 0.6 is 27.3 Å². The Morgan fingerprint density at radius 2 is 2.25 bits per heavy atom. The summed E-state index contributed by atoms with van der Waals surface area (Å²) in [5.41, 5.74) is -0.240. The maximum atomic E-state index is 12.3. The number of imidazole rings is 1. The Morgan fingerprint density at radius 3 is 2.80 bits per heavy atom. The van der Waals surface area contributed by atoms with Crippen molar-refractivity contribution in [2.45, 2.75) is 13.5 Å². The van der Waals surface area contributed by atoms with E-state index in [2.05, 4.69) is 25.9 Å². The molecule has 2 rings (SSSR count). The number of carbonyl (C=O) groups is 2. The maximum absolute atomic E-state index is 12.3. The molecule has 8 heteroatoms. The number of carboxylic acid groups (broad SMARTS) is 1. The van der Waals surface area contributed by atoms with E-state index in [0.717, 1.165) is 8.66 Å². The van der Waals surface area contributed by atoms with Crippen molar-refractivity contribution in [2.75, 3.05) is 6.54 Å². The minimum atomic E-state index is -1.19. The molecule has 0 aliphatic rings. The molecule has 2 heterocycles. The molecule has 0 saturated carbocycles. The fraction of sp³-hybridized carbons (Fsp3) is 0.250. The highest BCUT2D eigenvalue weighted by Crippen LogP contribution is 2.23. The fourth-order valence-corrected chi connectivity index (χ4v) is 3.22. The average Bonchev–Trinajstić information content (AvgIpc) is 3.03. The lowest BCUT2D eigenvalue weighted by atomic mass is 10.2. The fourth-order valence-electron chi connectivity index (χ4n) is 1.72. The van der Waals surface area contributed by atoms with Crippen molar-refractivity contribution in [3.05, 3.63) is 38.5 Å². The molecule has 0 aliphatic carbocycles. The number of H-pyrrole nitrogens is 1. The van der Waals surface area contributed by atoms with Crippen LogP contribution < -0.4 is 0 Å². The molecule has 6 nitrogen and oxygen atoms in total. The summed E-state index contributed by atoms with van der Waals surface area (Å²) < 4.78 is 0.988. The Morgan fingerprint density at radius 1 is 1.50 bits per heavy atom. The van der Waals surface area contributed by atoms with Gasteiger partial charge < -0.3 is 15.0 Å². The van der Waals surface area contributed by atoms with E-state index >= 15 is 0 Å². The molecule has 0 radical (unpaired) electrons. The molecule has 2 aromatic rings. The Balaban J connectivity index is 2.20. The number of rotatable bonds is 5. The van der Waals surface area contributed by atoms with Gasteiger partial charge in [-0.25, -0.2) is 9.78 Å². The smallest absolute Gasteiger partial charge is 0.354 e. The highest BCUT2D eigenvalue weighted by Gasteiger charge is 2.24. The molecular formula is C12H12BrN3O3S. The molecule has 0 unspecified atom stereocenters. The van der Waals surface area contributed by atoms with Crippen molar-refractivity contribution in [1.82, 2.24) is 14.9 Å². The van der Waals surface area contributed by atoms with Gasteiger partial charge in [0.2, 0.25) is 0 Å². The third-order valence-corrected chi connectivity index (χ3v) is 4.31. The number of halogens is 1. The van der Waals surface area contributed by atoms with Crippen LogP contribution in [0.2, 0.25) is 0 Å². The predicted octanol–water partition coefficient (Wildman–Crippen LogP) is 2.59. The second kappa shape index (κ2) is 6.19. The number of aromatic carboxylic acids is 1. The summed E-state index contributed by atoms with van der Waals surface area (Å²) >= 11 is 4.91. The lowest BCUT2D eigenvalue weighted by Crippen LogP contribution is -2.31. The first kappa shape index (κ1) is 14.7. The molecule has 2 aromatic heterocycles. The molecule has 0 fully saturated rings. The van der Waals surface area contributed by atoms with Crippen molar-refractivity contribution in [2.24, 2.45) is 0 Å². The number of carbonyl (C=O) groups excluding carboxylic acids is 1. The standard InChI is InChI=1S/C12H12BrN3O3S/c1-2-16(5-7-3-4-8(13)20-7)11(17)9-10(12(18)19)15-6-14-9/h3-4,6H,2,5H2,1H3,(H,14,15)(H,18,19). The summed E-state index contributed by atoms with van der Waals surface area (Å²) in [6, 6.07) is 3.84. The first-order chi connectivity index (χ1) is 9.52. The molecule has 0 aliphatic heterocycles. The second-order valence-corrected chi connectivity index (χ2v) is 6.50. The Hall–Kier alpha value is -1.67. The number of hydrogen-bond donors (Lipinski definition) is 2. The second-order valence-electron chi connectivity index (χ2n) is 3.96. The van der Waals surface area contributed by atoms with Crippen LogP contribution in [0.15, 0.2) is 22.2 Å². The number of aromatic nitrogens is 2. The molecule has 0 atom stereocenters. The van der Waals surface area contributed by atoms with E-state index < -0.39 is 11.9 Å². The number of nitrogens with zero attached hydrogens (tertiary/aromatic N) is 2. The van der Waals surface area contributed by atoms with Gasteiger partial charge in [0.05, 0.1) is 16.7 Å². The SMILES string of the molecule is CCN(Cc1ccc(Br)s1)C(=O)c1nc[nH]c1C(=O)O. The lowest BCUT2D eigenvalue weighted by Gasteiger charge is -2.19. The number of nitrogens with one attached hydrogen (secondary N) is 1. The minimum absolute atomic E-state index is 0.0602. The first-order valence-electron chi connectivity index (χ1n) is 5.83. The van der Waals surface area contributed by atoms with E-state index in [1.165, 1.54) is 17.7 Å². The van der Waals surface area contributed by atoms with Gasteiger partial charge in [0.15, 0.2) is 11.4 Å². The lowest BCUT2D eigenvalue weighted by molar-refractivity contribution is 0.0668. The third-order valence-electron chi connectivity index (χ3n) is 2.70. The number of amides is 1. The van der Waals surface area contributed by atoms with Gasteiger partial charge >= 0.3 is 5.97 Å². The molecule has 2 N–H and O–H groups in total. The van der Waals surface area contributed by atoms with Gasteiger partial charge in [-0.2, -0.15) is 0 Å². The topological polar surface area (TPSA) is 86.3 Å². The van der Waals surface area contributed by atoms with Crippen LogP contribution in [0.1, 0.15) is 32.8 Å². The zero-order valence-electron chi connectivity index (χ0n) is 10.6. The van der Waals surface area contributed by atoms with E-state index in [0.29, 0.717) is 13.1 Å². The monoisotopic (exact) mass is 357 g/mol. The van der Waals surface area contributed by atoms with Crippen molar-refractivity contribution in [3.63, 3.8) is 0 Å². The van der Waals surface area contributed by atoms with Crippen molar-refractivity contribution in [1.29, 1.82) is 0 Å². The van der Waals surface area contributed by atoms with Gasteiger partial charge in [-0.3, -0.25) is 4.79 Å². The van der Waals surface area contributed by atoms with Crippen LogP contribution in [-0.2, 0) is 6.54 Å². The first-order valence-corrected chi connectivity index (χ1v) is 7.44. The van der Waals surface area contributed by atoms with Crippen molar-refractivity contribution in [3.8, 4) is 0 Å². The molecular weight excluding hydrogens is 346 g/mol. The van der Waals surface area contributed by atoms with Gasteiger partial charge in [0.25, 0.3) is 5.91 Å². The van der Waals surface area contributed by atoms with E-state index in [4.69, 9.17) is 5.11 Å².